The monoisotopic (exact) mass is 315 g/mol. The summed E-state index contributed by atoms with van der Waals surface area (Å²) in [6.45, 7) is 3.82. The number of carbonyl (C=O) groups is 1. The minimum atomic E-state index is -0.872. The van der Waals surface area contributed by atoms with Gasteiger partial charge in [0.25, 0.3) is 0 Å². The molecule has 116 valence electrons. The summed E-state index contributed by atoms with van der Waals surface area (Å²) in [6.07, 6.45) is 2.06. The number of esters is 1. The zero-order valence-electron chi connectivity index (χ0n) is 12.1. The third kappa shape index (κ3) is 4.41. The Labute approximate surface area is 127 Å². The zero-order valence-corrected chi connectivity index (χ0v) is 12.9. The highest BCUT2D eigenvalue weighted by Gasteiger charge is 2.39. The number of ether oxygens (including phenoxy) is 1. The lowest BCUT2D eigenvalue weighted by Crippen LogP contribution is -2.53. The van der Waals surface area contributed by atoms with Crippen LogP contribution >= 0.6 is 11.8 Å². The van der Waals surface area contributed by atoms with Crippen LogP contribution in [0.3, 0.4) is 0 Å². The molecule has 1 aromatic carbocycles. The molecular formula is C15H19F2NO2S. The second kappa shape index (κ2) is 6.75. The van der Waals surface area contributed by atoms with Crippen LogP contribution < -0.4 is 5.32 Å². The van der Waals surface area contributed by atoms with Crippen molar-refractivity contribution < 1.29 is 18.3 Å². The largest absolute Gasteiger partial charge is 0.465 e. The minimum Gasteiger partial charge on any atom is -0.465 e. The van der Waals surface area contributed by atoms with E-state index in [2.05, 4.69) is 5.32 Å². The van der Waals surface area contributed by atoms with Gasteiger partial charge in [-0.05, 0) is 38.8 Å². The SMILES string of the molecule is CCOC(=O)C(C)(CSc1ccc(F)cc1F)NC1CC1. The van der Waals surface area contributed by atoms with E-state index in [1.807, 2.05) is 0 Å². The quantitative estimate of drug-likeness (QED) is 0.620. The Morgan fingerprint density at radius 2 is 2.19 bits per heavy atom. The van der Waals surface area contributed by atoms with Crippen molar-refractivity contribution in [3.63, 3.8) is 0 Å². The van der Waals surface area contributed by atoms with Gasteiger partial charge in [-0.1, -0.05) is 0 Å². The molecule has 3 nitrogen and oxygen atoms in total. The fourth-order valence-electron chi connectivity index (χ4n) is 1.94. The van der Waals surface area contributed by atoms with Crippen molar-refractivity contribution in [2.75, 3.05) is 12.4 Å². The van der Waals surface area contributed by atoms with Gasteiger partial charge in [-0.2, -0.15) is 0 Å². The molecule has 1 unspecified atom stereocenters. The van der Waals surface area contributed by atoms with Crippen molar-refractivity contribution in [3.05, 3.63) is 29.8 Å². The van der Waals surface area contributed by atoms with Crippen molar-refractivity contribution in [1.82, 2.24) is 5.32 Å². The maximum atomic E-state index is 13.7. The Hall–Kier alpha value is -1.14. The Morgan fingerprint density at radius 3 is 2.76 bits per heavy atom. The molecule has 6 heteroatoms. The van der Waals surface area contributed by atoms with E-state index in [4.69, 9.17) is 4.74 Å². The summed E-state index contributed by atoms with van der Waals surface area (Å²) >= 11 is 1.18. The predicted molar refractivity (Wildman–Crippen MR) is 78.3 cm³/mol. The summed E-state index contributed by atoms with van der Waals surface area (Å²) in [7, 11) is 0. The summed E-state index contributed by atoms with van der Waals surface area (Å²) in [5.74, 6) is -1.24. The van der Waals surface area contributed by atoms with Gasteiger partial charge in [-0.15, -0.1) is 11.8 Å². The van der Waals surface area contributed by atoms with E-state index in [-0.39, 0.29) is 5.97 Å². The standard InChI is InChI=1S/C15H19F2NO2S/c1-3-20-14(19)15(2,18-11-5-6-11)9-21-13-7-4-10(16)8-12(13)17/h4,7-8,11,18H,3,5-6,9H2,1-2H3. The highest BCUT2D eigenvalue weighted by atomic mass is 32.2. The predicted octanol–water partition coefficient (Wildman–Crippen LogP) is 3.13. The summed E-state index contributed by atoms with van der Waals surface area (Å²) in [6, 6.07) is 3.76. The first-order chi connectivity index (χ1) is 9.94. The van der Waals surface area contributed by atoms with Crippen LogP contribution in [0.15, 0.2) is 23.1 Å². The number of nitrogens with one attached hydrogen (secondary N) is 1. The molecular weight excluding hydrogens is 296 g/mol. The maximum Gasteiger partial charge on any atom is 0.326 e. The van der Waals surface area contributed by atoms with Gasteiger partial charge in [0.05, 0.1) is 6.61 Å². The van der Waals surface area contributed by atoms with Crippen LogP contribution in [-0.4, -0.2) is 29.9 Å². The first-order valence-electron chi connectivity index (χ1n) is 6.97. The number of halogens is 2. The Bertz CT molecular complexity index is 522. The van der Waals surface area contributed by atoms with Crippen molar-refractivity contribution >= 4 is 17.7 Å². The molecule has 1 atom stereocenters. The second-order valence-electron chi connectivity index (χ2n) is 5.33. The lowest BCUT2D eigenvalue weighted by Gasteiger charge is -2.28. The number of carbonyl (C=O) groups excluding carboxylic acids is 1. The van der Waals surface area contributed by atoms with Gasteiger partial charge < -0.3 is 4.74 Å². The van der Waals surface area contributed by atoms with Crippen LogP contribution in [0.1, 0.15) is 26.7 Å². The number of hydrogen-bond acceptors (Lipinski definition) is 4. The molecule has 0 amide bonds. The molecule has 0 aliphatic heterocycles. The highest BCUT2D eigenvalue weighted by molar-refractivity contribution is 7.99. The minimum absolute atomic E-state index is 0.302. The van der Waals surface area contributed by atoms with E-state index < -0.39 is 17.2 Å². The molecule has 0 bridgehead atoms. The van der Waals surface area contributed by atoms with Gasteiger partial charge in [-0.3, -0.25) is 10.1 Å². The van der Waals surface area contributed by atoms with E-state index in [1.54, 1.807) is 13.8 Å². The third-order valence-corrected chi connectivity index (χ3v) is 4.60. The Balaban J connectivity index is 2.05. The molecule has 1 aromatic rings. The van der Waals surface area contributed by atoms with Gasteiger partial charge in [0.15, 0.2) is 0 Å². The smallest absolute Gasteiger partial charge is 0.326 e. The number of benzene rings is 1. The van der Waals surface area contributed by atoms with E-state index in [9.17, 15) is 13.6 Å². The first-order valence-corrected chi connectivity index (χ1v) is 7.96. The average molecular weight is 315 g/mol. The van der Waals surface area contributed by atoms with Crippen LogP contribution in [0.5, 0.6) is 0 Å². The van der Waals surface area contributed by atoms with Crippen molar-refractivity contribution in [3.8, 4) is 0 Å². The molecule has 1 N–H and O–H groups in total. The van der Waals surface area contributed by atoms with Crippen LogP contribution in [0.25, 0.3) is 0 Å². The van der Waals surface area contributed by atoms with Gasteiger partial charge in [0.1, 0.15) is 17.2 Å². The van der Waals surface area contributed by atoms with Crippen molar-refractivity contribution in [1.29, 1.82) is 0 Å². The third-order valence-electron chi connectivity index (χ3n) is 3.24. The summed E-state index contributed by atoms with van der Waals surface area (Å²) < 4.78 is 31.7. The van der Waals surface area contributed by atoms with Gasteiger partial charge in [0.2, 0.25) is 0 Å². The molecule has 1 fully saturated rings. The van der Waals surface area contributed by atoms with E-state index >= 15 is 0 Å². The van der Waals surface area contributed by atoms with Crippen LogP contribution in [-0.2, 0) is 9.53 Å². The average Bonchev–Trinajstić information content (AvgIpc) is 3.22. The Morgan fingerprint density at radius 1 is 1.48 bits per heavy atom. The molecule has 0 heterocycles. The molecule has 1 aliphatic rings. The lowest BCUT2D eigenvalue weighted by molar-refractivity contribution is -0.149. The van der Waals surface area contributed by atoms with E-state index in [0.29, 0.717) is 23.3 Å². The number of hydrogen-bond donors (Lipinski definition) is 1. The van der Waals surface area contributed by atoms with Gasteiger partial charge in [-0.25, -0.2) is 8.78 Å². The van der Waals surface area contributed by atoms with E-state index in [0.717, 1.165) is 18.9 Å². The summed E-state index contributed by atoms with van der Waals surface area (Å²) in [5.41, 5.74) is -0.872. The molecule has 2 rings (SSSR count). The maximum absolute atomic E-state index is 13.7. The highest BCUT2D eigenvalue weighted by Crippen LogP contribution is 2.29. The van der Waals surface area contributed by atoms with E-state index in [1.165, 1.54) is 23.9 Å². The molecule has 0 spiro atoms. The molecule has 0 aromatic heterocycles. The van der Waals surface area contributed by atoms with Gasteiger partial charge in [0, 0.05) is 22.8 Å². The molecule has 0 saturated heterocycles. The fourth-order valence-corrected chi connectivity index (χ4v) is 2.95. The van der Waals surface area contributed by atoms with Crippen LogP contribution in [0.4, 0.5) is 8.78 Å². The second-order valence-corrected chi connectivity index (χ2v) is 6.35. The fraction of sp³-hybridized carbons (Fsp3) is 0.533. The molecule has 1 aliphatic carbocycles. The molecule has 0 radical (unpaired) electrons. The lowest BCUT2D eigenvalue weighted by atomic mass is 10.1. The summed E-state index contributed by atoms with van der Waals surface area (Å²) in [5, 5.41) is 3.26. The van der Waals surface area contributed by atoms with Crippen LogP contribution in [0, 0.1) is 11.6 Å². The summed E-state index contributed by atoms with van der Waals surface area (Å²) in [4.78, 5) is 12.5. The first kappa shape index (κ1) is 16.2. The van der Waals surface area contributed by atoms with Crippen molar-refractivity contribution in [2.24, 2.45) is 0 Å². The van der Waals surface area contributed by atoms with Crippen LogP contribution in [0.2, 0.25) is 0 Å². The van der Waals surface area contributed by atoms with Crippen molar-refractivity contribution in [2.45, 2.75) is 43.2 Å². The van der Waals surface area contributed by atoms with Gasteiger partial charge >= 0.3 is 5.97 Å². The normalized spacial score (nSPS) is 17.3. The zero-order chi connectivity index (χ0) is 15.5. The molecule has 1 saturated carbocycles. The topological polar surface area (TPSA) is 38.3 Å². The number of thioether (sulfide) groups is 1. The molecule has 21 heavy (non-hydrogen) atoms. The Kier molecular flexibility index (Phi) is 5.22. The number of rotatable bonds is 7.